The van der Waals surface area contributed by atoms with Gasteiger partial charge in [-0.25, -0.2) is 9.67 Å². The molecule has 26 heavy (non-hydrogen) atoms. The third-order valence-electron chi connectivity index (χ3n) is 4.36. The SMILES string of the molecule is Cn1c2nc(Cc3ccn[nH]3)sc2c2cnn(Cc3cn[nH]c3)c(=O)c21. The number of nitrogens with zero attached hydrogens (tertiary/aromatic N) is 6. The Balaban J connectivity index is 1.62. The maximum Gasteiger partial charge on any atom is 0.291 e. The van der Waals surface area contributed by atoms with Gasteiger partial charge < -0.3 is 4.57 Å². The molecule has 0 fully saturated rings. The number of thiazole rings is 1. The van der Waals surface area contributed by atoms with Gasteiger partial charge in [-0.2, -0.15) is 15.3 Å². The number of H-pyrrole nitrogens is 2. The van der Waals surface area contributed by atoms with Crippen molar-refractivity contribution in [1.29, 1.82) is 0 Å². The van der Waals surface area contributed by atoms with Gasteiger partial charge in [-0.1, -0.05) is 0 Å². The van der Waals surface area contributed by atoms with Crippen molar-refractivity contribution in [3.05, 3.63) is 57.5 Å². The molecule has 0 unspecified atom stereocenters. The molecule has 10 heteroatoms. The second kappa shape index (κ2) is 5.63. The van der Waals surface area contributed by atoms with E-state index in [0.717, 1.165) is 32.0 Å². The highest BCUT2D eigenvalue weighted by Gasteiger charge is 2.18. The summed E-state index contributed by atoms with van der Waals surface area (Å²) in [7, 11) is 1.87. The van der Waals surface area contributed by atoms with Crippen LogP contribution in [0.1, 0.15) is 16.3 Å². The summed E-state index contributed by atoms with van der Waals surface area (Å²) in [5, 5.41) is 19.7. The van der Waals surface area contributed by atoms with Crippen molar-refractivity contribution >= 4 is 32.6 Å². The van der Waals surface area contributed by atoms with Crippen LogP contribution in [-0.2, 0) is 20.0 Å². The molecular weight excluding hydrogens is 352 g/mol. The van der Waals surface area contributed by atoms with E-state index in [1.807, 2.05) is 17.7 Å². The monoisotopic (exact) mass is 366 g/mol. The molecule has 0 aliphatic heterocycles. The smallest absolute Gasteiger partial charge is 0.291 e. The number of hydrogen-bond acceptors (Lipinski definition) is 6. The lowest BCUT2D eigenvalue weighted by molar-refractivity contribution is 0.644. The van der Waals surface area contributed by atoms with Crippen LogP contribution in [0.25, 0.3) is 21.3 Å². The molecule has 0 bridgehead atoms. The third-order valence-corrected chi connectivity index (χ3v) is 5.43. The van der Waals surface area contributed by atoms with Crippen molar-refractivity contribution in [1.82, 2.24) is 39.7 Å². The number of aromatic amines is 2. The zero-order chi connectivity index (χ0) is 17.7. The van der Waals surface area contributed by atoms with E-state index in [1.54, 1.807) is 36.1 Å². The molecule has 0 atom stereocenters. The fourth-order valence-corrected chi connectivity index (χ4v) is 4.23. The maximum absolute atomic E-state index is 12.9. The normalized spacial score (nSPS) is 11.7. The van der Waals surface area contributed by atoms with E-state index in [9.17, 15) is 4.79 Å². The van der Waals surface area contributed by atoms with Gasteiger partial charge in [-0.05, 0) is 6.07 Å². The Morgan fingerprint density at radius 2 is 2.19 bits per heavy atom. The molecule has 0 radical (unpaired) electrons. The molecule has 0 aliphatic carbocycles. The van der Waals surface area contributed by atoms with Crippen LogP contribution in [0.5, 0.6) is 0 Å². The Morgan fingerprint density at radius 3 is 2.96 bits per heavy atom. The Hall–Kier alpha value is -3.27. The summed E-state index contributed by atoms with van der Waals surface area (Å²) in [5.74, 6) is 0. The van der Waals surface area contributed by atoms with Crippen LogP contribution in [0.4, 0.5) is 0 Å². The van der Waals surface area contributed by atoms with Gasteiger partial charge in [-0.3, -0.25) is 15.0 Å². The van der Waals surface area contributed by atoms with Gasteiger partial charge in [0.1, 0.15) is 10.5 Å². The lowest BCUT2D eigenvalue weighted by atomic mass is 10.3. The number of aryl methyl sites for hydroxylation is 1. The molecule has 0 aliphatic rings. The van der Waals surface area contributed by atoms with Gasteiger partial charge in [0.15, 0.2) is 5.65 Å². The second-order valence-corrected chi connectivity index (χ2v) is 7.14. The lowest BCUT2D eigenvalue weighted by Crippen LogP contribution is -2.24. The highest BCUT2D eigenvalue weighted by Crippen LogP contribution is 2.31. The molecule has 9 nitrogen and oxygen atoms in total. The number of rotatable bonds is 4. The summed E-state index contributed by atoms with van der Waals surface area (Å²) in [6.07, 6.45) is 7.60. The van der Waals surface area contributed by atoms with E-state index in [2.05, 4.69) is 25.5 Å². The molecule has 0 spiro atoms. The summed E-state index contributed by atoms with van der Waals surface area (Å²) in [6, 6.07) is 1.93. The minimum Gasteiger partial charge on any atom is -0.323 e. The third kappa shape index (κ3) is 2.26. The number of hydrogen-bond donors (Lipinski definition) is 2. The molecular formula is C16H14N8OS. The molecule has 0 aromatic carbocycles. The van der Waals surface area contributed by atoms with Gasteiger partial charge in [0, 0.05) is 42.5 Å². The Bertz CT molecular complexity index is 1260. The zero-order valence-electron chi connectivity index (χ0n) is 13.8. The fraction of sp³-hybridized carbons (Fsp3) is 0.188. The van der Waals surface area contributed by atoms with E-state index in [1.165, 1.54) is 4.68 Å². The molecule has 0 saturated heterocycles. The van der Waals surface area contributed by atoms with E-state index in [0.29, 0.717) is 18.5 Å². The molecule has 0 amide bonds. The lowest BCUT2D eigenvalue weighted by Gasteiger charge is -2.03. The first-order valence-electron chi connectivity index (χ1n) is 8.00. The van der Waals surface area contributed by atoms with Gasteiger partial charge in [0.2, 0.25) is 0 Å². The van der Waals surface area contributed by atoms with E-state index in [4.69, 9.17) is 4.98 Å². The number of aromatic nitrogens is 8. The summed E-state index contributed by atoms with van der Waals surface area (Å²) >= 11 is 1.58. The molecule has 5 heterocycles. The Morgan fingerprint density at radius 1 is 1.27 bits per heavy atom. The van der Waals surface area contributed by atoms with Gasteiger partial charge in [-0.15, -0.1) is 11.3 Å². The zero-order valence-corrected chi connectivity index (χ0v) is 14.6. The Kier molecular flexibility index (Phi) is 3.25. The largest absolute Gasteiger partial charge is 0.323 e. The van der Waals surface area contributed by atoms with Crippen LogP contribution in [-0.4, -0.2) is 39.7 Å². The van der Waals surface area contributed by atoms with Crippen LogP contribution in [0, 0.1) is 0 Å². The number of nitrogens with one attached hydrogen (secondary N) is 2. The van der Waals surface area contributed by atoms with Crippen LogP contribution in [0.15, 0.2) is 35.6 Å². The fourth-order valence-electron chi connectivity index (χ4n) is 3.10. The van der Waals surface area contributed by atoms with Crippen LogP contribution in [0.2, 0.25) is 0 Å². The predicted molar refractivity (Wildman–Crippen MR) is 97.2 cm³/mol. The van der Waals surface area contributed by atoms with E-state index < -0.39 is 0 Å². The molecule has 2 N–H and O–H groups in total. The molecule has 130 valence electrons. The van der Waals surface area contributed by atoms with Crippen molar-refractivity contribution in [3.63, 3.8) is 0 Å². The molecule has 5 aromatic heterocycles. The van der Waals surface area contributed by atoms with Gasteiger partial charge in [0.05, 0.1) is 23.6 Å². The highest BCUT2D eigenvalue weighted by molar-refractivity contribution is 7.19. The quantitative estimate of drug-likeness (QED) is 0.500. The van der Waals surface area contributed by atoms with Crippen molar-refractivity contribution in [2.45, 2.75) is 13.0 Å². The van der Waals surface area contributed by atoms with Crippen LogP contribution >= 0.6 is 11.3 Å². The summed E-state index contributed by atoms with van der Waals surface area (Å²) in [4.78, 5) is 17.6. The van der Waals surface area contributed by atoms with Crippen molar-refractivity contribution in [2.24, 2.45) is 7.05 Å². The van der Waals surface area contributed by atoms with Gasteiger partial charge in [0.25, 0.3) is 5.56 Å². The minimum absolute atomic E-state index is 0.133. The average molecular weight is 366 g/mol. The Labute approximate surface area is 150 Å². The average Bonchev–Trinajstić information content (AvgIpc) is 3.39. The number of fused-ring (bicyclic) bond motifs is 3. The van der Waals surface area contributed by atoms with Crippen molar-refractivity contribution < 1.29 is 0 Å². The van der Waals surface area contributed by atoms with Crippen LogP contribution < -0.4 is 5.56 Å². The van der Waals surface area contributed by atoms with E-state index >= 15 is 0 Å². The molecule has 0 saturated carbocycles. The standard InChI is InChI=1S/C16H14N8OS/c1-23-13-11(7-20-24(16(13)25)8-9-5-18-19-6-9)14-15(23)21-12(26-14)4-10-2-3-17-22-10/h2-3,5-7H,4,8H2,1H3,(H,17,22)(H,18,19). The van der Waals surface area contributed by atoms with Crippen molar-refractivity contribution in [3.8, 4) is 0 Å². The summed E-state index contributed by atoms with van der Waals surface area (Å²) < 4.78 is 4.28. The first kappa shape index (κ1) is 15.0. The minimum atomic E-state index is -0.133. The van der Waals surface area contributed by atoms with Crippen LogP contribution in [0.3, 0.4) is 0 Å². The second-order valence-electron chi connectivity index (χ2n) is 6.05. The summed E-state index contributed by atoms with van der Waals surface area (Å²) in [6.45, 7) is 0.378. The first-order valence-corrected chi connectivity index (χ1v) is 8.82. The van der Waals surface area contributed by atoms with Gasteiger partial charge >= 0.3 is 0 Å². The van der Waals surface area contributed by atoms with E-state index in [-0.39, 0.29) is 5.56 Å². The molecule has 5 aromatic rings. The van der Waals surface area contributed by atoms with Crippen molar-refractivity contribution in [2.75, 3.05) is 0 Å². The first-order chi connectivity index (χ1) is 12.7. The highest BCUT2D eigenvalue weighted by atomic mass is 32.1. The molecule has 5 rings (SSSR count). The predicted octanol–water partition coefficient (Wildman–Crippen LogP) is 1.43. The topological polar surface area (TPSA) is 110 Å². The summed E-state index contributed by atoms with van der Waals surface area (Å²) in [5.41, 5.74) is 3.19. The maximum atomic E-state index is 12.9.